The maximum absolute atomic E-state index is 12.6. The number of nitrogens with one attached hydrogen (secondary N) is 1. The molecule has 0 bridgehead atoms. The van der Waals surface area contributed by atoms with Gasteiger partial charge in [-0.15, -0.1) is 0 Å². The molecular formula is C21H22N4O4. The van der Waals surface area contributed by atoms with Gasteiger partial charge in [0.25, 0.3) is 5.91 Å². The Bertz CT molecular complexity index is 1100. The van der Waals surface area contributed by atoms with Crippen LogP contribution in [0.3, 0.4) is 0 Å². The lowest BCUT2D eigenvalue weighted by Gasteiger charge is -2.10. The molecule has 0 unspecified atom stereocenters. The largest absolute Gasteiger partial charge is 0.494 e. The van der Waals surface area contributed by atoms with Gasteiger partial charge in [0.05, 0.1) is 17.7 Å². The summed E-state index contributed by atoms with van der Waals surface area (Å²) in [6.07, 6.45) is 2.02. The number of benzene rings is 2. The van der Waals surface area contributed by atoms with Gasteiger partial charge in [0, 0.05) is 11.6 Å². The number of carbonyl (C=O) groups excluding carboxylic acids is 1. The van der Waals surface area contributed by atoms with Crippen molar-refractivity contribution in [3.8, 4) is 5.75 Å². The highest BCUT2D eigenvalue weighted by atomic mass is 16.5. The van der Waals surface area contributed by atoms with E-state index in [9.17, 15) is 9.59 Å². The Kier molecular flexibility index (Phi) is 6.13. The molecule has 0 fully saturated rings. The van der Waals surface area contributed by atoms with Gasteiger partial charge in [0.1, 0.15) is 5.75 Å². The summed E-state index contributed by atoms with van der Waals surface area (Å²) in [7, 11) is 0. The second-order valence-corrected chi connectivity index (χ2v) is 6.35. The molecule has 0 aliphatic rings. The van der Waals surface area contributed by atoms with Crippen molar-refractivity contribution in [2.45, 2.75) is 19.8 Å². The van der Waals surface area contributed by atoms with Crippen molar-refractivity contribution in [3.05, 3.63) is 70.1 Å². The van der Waals surface area contributed by atoms with Crippen LogP contribution in [0.5, 0.6) is 5.75 Å². The van der Waals surface area contributed by atoms with Gasteiger partial charge in [-0.3, -0.25) is 9.59 Å². The number of hydrazone groups is 1. The highest BCUT2D eigenvalue weighted by molar-refractivity contribution is 6.08. The summed E-state index contributed by atoms with van der Waals surface area (Å²) in [5.41, 5.74) is 6.28. The Labute approximate surface area is 167 Å². The van der Waals surface area contributed by atoms with Crippen LogP contribution in [0, 0.1) is 0 Å². The third-order valence-electron chi connectivity index (χ3n) is 4.28. The van der Waals surface area contributed by atoms with Crippen LogP contribution in [0.25, 0.3) is 11.0 Å². The molecule has 2 aromatic carbocycles. The molecule has 29 heavy (non-hydrogen) atoms. The van der Waals surface area contributed by atoms with Gasteiger partial charge in [-0.05, 0) is 42.8 Å². The van der Waals surface area contributed by atoms with Crippen LogP contribution in [0.4, 0.5) is 5.69 Å². The SMILES string of the molecule is CCCCOc1ccc(C(=O)Nc2cccc3c(=O)cc(C(N)=NN)oc23)cc1. The number of ether oxygens (including phenoxy) is 1. The molecule has 5 N–H and O–H groups in total. The maximum Gasteiger partial charge on any atom is 0.255 e. The van der Waals surface area contributed by atoms with Gasteiger partial charge in [0.15, 0.2) is 22.6 Å². The highest BCUT2D eigenvalue weighted by Crippen LogP contribution is 2.23. The van der Waals surface area contributed by atoms with Crippen molar-refractivity contribution in [2.75, 3.05) is 11.9 Å². The number of nitrogens with two attached hydrogens (primary N) is 2. The van der Waals surface area contributed by atoms with Crippen molar-refractivity contribution >= 4 is 28.4 Å². The monoisotopic (exact) mass is 394 g/mol. The minimum Gasteiger partial charge on any atom is -0.494 e. The molecule has 1 amide bonds. The Hall–Kier alpha value is -3.81. The van der Waals surface area contributed by atoms with E-state index in [1.54, 1.807) is 42.5 Å². The number of unbranched alkanes of at least 4 members (excludes halogenated alkanes) is 1. The number of anilines is 1. The Balaban J connectivity index is 1.86. The minimum atomic E-state index is -0.355. The molecule has 1 aromatic heterocycles. The fourth-order valence-corrected chi connectivity index (χ4v) is 2.70. The Morgan fingerprint density at radius 2 is 1.97 bits per heavy atom. The second-order valence-electron chi connectivity index (χ2n) is 6.35. The summed E-state index contributed by atoms with van der Waals surface area (Å²) in [6, 6.07) is 12.9. The molecule has 0 saturated carbocycles. The van der Waals surface area contributed by atoms with E-state index in [1.807, 2.05) is 0 Å². The molecule has 0 radical (unpaired) electrons. The number of amidine groups is 1. The number of carbonyl (C=O) groups is 1. The van der Waals surface area contributed by atoms with Crippen LogP contribution < -0.4 is 27.1 Å². The van der Waals surface area contributed by atoms with E-state index in [2.05, 4.69) is 17.3 Å². The molecule has 0 aliphatic heterocycles. The highest BCUT2D eigenvalue weighted by Gasteiger charge is 2.14. The second kappa shape index (κ2) is 8.92. The van der Waals surface area contributed by atoms with Crippen molar-refractivity contribution in [3.63, 3.8) is 0 Å². The van der Waals surface area contributed by atoms with Crippen molar-refractivity contribution in [1.29, 1.82) is 0 Å². The first kappa shape index (κ1) is 19.9. The van der Waals surface area contributed by atoms with Gasteiger partial charge < -0.3 is 26.0 Å². The topological polar surface area (TPSA) is 133 Å². The molecule has 0 atom stereocenters. The number of hydrogen-bond donors (Lipinski definition) is 3. The number of fused-ring (bicyclic) bond motifs is 1. The third-order valence-corrected chi connectivity index (χ3v) is 4.28. The third kappa shape index (κ3) is 4.55. The van der Waals surface area contributed by atoms with Crippen LogP contribution >= 0.6 is 0 Å². The lowest BCUT2D eigenvalue weighted by atomic mass is 10.1. The summed E-state index contributed by atoms with van der Waals surface area (Å²) in [5, 5.41) is 6.40. The standard InChI is InChI=1S/C21H22N4O4/c1-2-3-11-28-14-9-7-13(8-10-14)21(27)24-16-6-4-5-15-17(26)12-18(20(22)25-23)29-19(15)16/h4-10,12H,2-3,11,23H2,1H3,(H2,22,25)(H,24,27). The first-order valence-corrected chi connectivity index (χ1v) is 9.18. The first-order valence-electron chi connectivity index (χ1n) is 9.18. The predicted octanol–water partition coefficient (Wildman–Crippen LogP) is 2.80. The zero-order valence-electron chi connectivity index (χ0n) is 16.0. The molecular weight excluding hydrogens is 372 g/mol. The Morgan fingerprint density at radius 3 is 2.66 bits per heavy atom. The molecule has 0 spiro atoms. The van der Waals surface area contributed by atoms with Crippen LogP contribution in [0.15, 0.2) is 62.8 Å². The summed E-state index contributed by atoms with van der Waals surface area (Å²) >= 11 is 0. The normalized spacial score (nSPS) is 11.4. The summed E-state index contributed by atoms with van der Waals surface area (Å²) in [4.78, 5) is 25.0. The van der Waals surface area contributed by atoms with Gasteiger partial charge in [-0.2, -0.15) is 5.10 Å². The van der Waals surface area contributed by atoms with Crippen LogP contribution in [0.1, 0.15) is 35.9 Å². The van der Waals surface area contributed by atoms with E-state index in [1.165, 1.54) is 6.07 Å². The number of nitrogens with zero attached hydrogens (tertiary/aromatic N) is 1. The number of para-hydroxylation sites is 1. The molecule has 3 aromatic rings. The zero-order valence-corrected chi connectivity index (χ0v) is 16.0. The minimum absolute atomic E-state index is 0.0280. The fraction of sp³-hybridized carbons (Fsp3) is 0.190. The van der Waals surface area contributed by atoms with Crippen LogP contribution in [0.2, 0.25) is 0 Å². The van der Waals surface area contributed by atoms with E-state index in [4.69, 9.17) is 20.7 Å². The summed E-state index contributed by atoms with van der Waals surface area (Å²) in [5.74, 6) is 5.42. The van der Waals surface area contributed by atoms with Crippen molar-refractivity contribution in [2.24, 2.45) is 16.7 Å². The van der Waals surface area contributed by atoms with Crippen molar-refractivity contribution in [1.82, 2.24) is 0 Å². The molecule has 8 nitrogen and oxygen atoms in total. The summed E-state index contributed by atoms with van der Waals surface area (Å²) < 4.78 is 11.3. The van der Waals surface area contributed by atoms with E-state index in [-0.39, 0.29) is 28.5 Å². The van der Waals surface area contributed by atoms with E-state index in [0.29, 0.717) is 29.0 Å². The number of amides is 1. The average molecular weight is 394 g/mol. The lowest BCUT2D eigenvalue weighted by Crippen LogP contribution is -2.18. The first-order chi connectivity index (χ1) is 14.0. The Morgan fingerprint density at radius 1 is 1.21 bits per heavy atom. The van der Waals surface area contributed by atoms with Gasteiger partial charge in [0.2, 0.25) is 0 Å². The molecule has 150 valence electrons. The number of rotatable bonds is 7. The average Bonchev–Trinajstić information content (AvgIpc) is 2.74. The molecule has 3 rings (SSSR count). The lowest BCUT2D eigenvalue weighted by molar-refractivity contribution is 0.102. The van der Waals surface area contributed by atoms with Gasteiger partial charge in [-0.25, -0.2) is 0 Å². The van der Waals surface area contributed by atoms with Crippen LogP contribution in [-0.2, 0) is 0 Å². The van der Waals surface area contributed by atoms with Crippen molar-refractivity contribution < 1.29 is 13.9 Å². The van der Waals surface area contributed by atoms with E-state index in [0.717, 1.165) is 12.8 Å². The van der Waals surface area contributed by atoms with E-state index >= 15 is 0 Å². The predicted molar refractivity (Wildman–Crippen MR) is 112 cm³/mol. The molecule has 0 aliphatic carbocycles. The quantitative estimate of drug-likeness (QED) is 0.186. The number of hydrogen-bond acceptors (Lipinski definition) is 6. The maximum atomic E-state index is 12.6. The zero-order chi connectivity index (χ0) is 20.8. The molecule has 1 heterocycles. The fourth-order valence-electron chi connectivity index (χ4n) is 2.70. The van der Waals surface area contributed by atoms with Gasteiger partial charge >= 0.3 is 0 Å². The smallest absolute Gasteiger partial charge is 0.255 e. The van der Waals surface area contributed by atoms with E-state index < -0.39 is 0 Å². The summed E-state index contributed by atoms with van der Waals surface area (Å²) in [6.45, 7) is 2.72. The molecule has 8 heteroatoms. The van der Waals surface area contributed by atoms with Gasteiger partial charge in [-0.1, -0.05) is 19.4 Å². The van der Waals surface area contributed by atoms with Crippen LogP contribution in [-0.4, -0.2) is 18.3 Å². The molecule has 0 saturated heterocycles.